The quantitative estimate of drug-likeness (QED) is 0.652. The number of fused-ring (bicyclic) bond motifs is 3. The van der Waals surface area contributed by atoms with Gasteiger partial charge < -0.3 is 9.72 Å². The molecule has 0 amide bonds. The van der Waals surface area contributed by atoms with Crippen LogP contribution in [0.25, 0.3) is 21.8 Å². The lowest BCUT2D eigenvalue weighted by atomic mass is 10.1. The summed E-state index contributed by atoms with van der Waals surface area (Å²) in [7, 11) is 1.68. The molecule has 3 rings (SSSR count). The van der Waals surface area contributed by atoms with Gasteiger partial charge in [0.2, 0.25) is 0 Å². The molecule has 3 nitrogen and oxygen atoms in total. The van der Waals surface area contributed by atoms with Crippen molar-refractivity contribution in [2.75, 3.05) is 7.11 Å². The van der Waals surface area contributed by atoms with Crippen molar-refractivity contribution in [3.8, 4) is 5.75 Å². The van der Waals surface area contributed by atoms with Gasteiger partial charge in [0.1, 0.15) is 5.75 Å². The fourth-order valence-corrected chi connectivity index (χ4v) is 1.91. The van der Waals surface area contributed by atoms with E-state index in [0.717, 1.165) is 27.6 Å². The number of imidazole rings is 1. The predicted octanol–water partition coefficient (Wildman–Crippen LogP) is 2.72. The first-order chi connectivity index (χ1) is 7.40. The van der Waals surface area contributed by atoms with Crippen LogP contribution in [0.3, 0.4) is 0 Å². The van der Waals surface area contributed by atoms with E-state index in [0.29, 0.717) is 0 Å². The molecule has 15 heavy (non-hydrogen) atoms. The number of hydrogen-bond donors (Lipinski definition) is 1. The lowest BCUT2D eigenvalue weighted by Crippen LogP contribution is -1.85. The van der Waals surface area contributed by atoms with Crippen molar-refractivity contribution in [1.29, 1.82) is 0 Å². The van der Waals surface area contributed by atoms with Crippen molar-refractivity contribution in [2.24, 2.45) is 0 Å². The normalized spacial score (nSPS) is 11.0. The first-order valence-corrected chi connectivity index (χ1v) is 4.79. The maximum absolute atomic E-state index is 5.35. The van der Waals surface area contributed by atoms with Crippen LogP contribution in [0.4, 0.5) is 0 Å². The molecule has 1 aromatic heterocycles. The standard InChI is InChI=1S/C12H10N2O/c1-15-10-4-2-3-8-5-6-9-12(11(8)10)14-7-13-9/h2-7H,1H3,(H,13,14). The maximum Gasteiger partial charge on any atom is 0.128 e. The molecule has 0 bridgehead atoms. The second-order valence-electron chi connectivity index (χ2n) is 3.42. The second kappa shape index (κ2) is 2.98. The SMILES string of the molecule is COc1cccc2ccc3[nH]cnc3c12. The van der Waals surface area contributed by atoms with Gasteiger partial charge in [0.05, 0.1) is 29.9 Å². The Morgan fingerprint density at radius 3 is 3.00 bits per heavy atom. The molecular formula is C12H10N2O. The van der Waals surface area contributed by atoms with Crippen molar-refractivity contribution in [3.63, 3.8) is 0 Å². The van der Waals surface area contributed by atoms with Gasteiger partial charge in [-0.25, -0.2) is 4.98 Å². The highest BCUT2D eigenvalue weighted by atomic mass is 16.5. The number of nitrogens with one attached hydrogen (secondary N) is 1. The van der Waals surface area contributed by atoms with Gasteiger partial charge in [-0.3, -0.25) is 0 Å². The van der Waals surface area contributed by atoms with Crippen molar-refractivity contribution in [3.05, 3.63) is 36.7 Å². The third kappa shape index (κ3) is 1.09. The molecule has 3 heteroatoms. The number of H-pyrrole nitrogens is 1. The number of aromatic nitrogens is 2. The number of rotatable bonds is 1. The van der Waals surface area contributed by atoms with Crippen molar-refractivity contribution < 1.29 is 4.74 Å². The molecule has 0 unspecified atom stereocenters. The molecule has 0 atom stereocenters. The van der Waals surface area contributed by atoms with Crippen molar-refractivity contribution in [2.45, 2.75) is 0 Å². The number of nitrogens with zero attached hydrogens (tertiary/aromatic N) is 1. The highest BCUT2D eigenvalue weighted by Gasteiger charge is 2.06. The number of hydrogen-bond acceptors (Lipinski definition) is 2. The Morgan fingerprint density at radius 1 is 1.20 bits per heavy atom. The van der Waals surface area contributed by atoms with E-state index in [4.69, 9.17) is 4.74 Å². The molecule has 2 aromatic carbocycles. The van der Waals surface area contributed by atoms with Gasteiger partial charge in [0, 0.05) is 0 Å². The zero-order valence-electron chi connectivity index (χ0n) is 8.32. The third-order valence-corrected chi connectivity index (χ3v) is 2.61. The summed E-state index contributed by atoms with van der Waals surface area (Å²) in [5, 5.41) is 2.22. The maximum atomic E-state index is 5.35. The van der Waals surface area contributed by atoms with E-state index < -0.39 is 0 Å². The first-order valence-electron chi connectivity index (χ1n) is 4.79. The van der Waals surface area contributed by atoms with E-state index in [-0.39, 0.29) is 0 Å². The Balaban J connectivity index is 2.58. The molecule has 3 aromatic rings. The van der Waals surface area contributed by atoms with Gasteiger partial charge in [0.25, 0.3) is 0 Å². The highest BCUT2D eigenvalue weighted by molar-refractivity contribution is 6.07. The Morgan fingerprint density at radius 2 is 2.13 bits per heavy atom. The summed E-state index contributed by atoms with van der Waals surface area (Å²) >= 11 is 0. The topological polar surface area (TPSA) is 37.9 Å². The Hall–Kier alpha value is -2.03. The first kappa shape index (κ1) is 8.29. The molecule has 0 radical (unpaired) electrons. The van der Waals surface area contributed by atoms with Crippen LogP contribution < -0.4 is 4.74 Å². The Bertz CT molecular complexity index is 628. The Labute approximate surface area is 86.7 Å². The summed E-state index contributed by atoms with van der Waals surface area (Å²) in [6.07, 6.45) is 1.70. The van der Waals surface area contributed by atoms with Gasteiger partial charge in [0.15, 0.2) is 0 Å². The van der Waals surface area contributed by atoms with Crippen LogP contribution >= 0.6 is 0 Å². The molecule has 0 aliphatic carbocycles. The van der Waals surface area contributed by atoms with E-state index in [1.807, 2.05) is 18.2 Å². The molecule has 0 fully saturated rings. The van der Waals surface area contributed by atoms with Crippen LogP contribution in [0.5, 0.6) is 5.75 Å². The van der Waals surface area contributed by atoms with Crippen LogP contribution in [0.15, 0.2) is 36.7 Å². The van der Waals surface area contributed by atoms with E-state index in [9.17, 15) is 0 Å². The van der Waals surface area contributed by atoms with Gasteiger partial charge >= 0.3 is 0 Å². The number of aromatic amines is 1. The summed E-state index contributed by atoms with van der Waals surface area (Å²) < 4.78 is 5.35. The second-order valence-corrected chi connectivity index (χ2v) is 3.42. The van der Waals surface area contributed by atoms with Crippen LogP contribution in [-0.2, 0) is 0 Å². The van der Waals surface area contributed by atoms with Crippen molar-refractivity contribution in [1.82, 2.24) is 9.97 Å². The number of methoxy groups -OCH3 is 1. The van der Waals surface area contributed by atoms with Crippen molar-refractivity contribution >= 4 is 21.8 Å². The number of benzene rings is 2. The van der Waals surface area contributed by atoms with Crippen LogP contribution in [0, 0.1) is 0 Å². The summed E-state index contributed by atoms with van der Waals surface area (Å²) in [6, 6.07) is 10.1. The fourth-order valence-electron chi connectivity index (χ4n) is 1.91. The van der Waals surface area contributed by atoms with Gasteiger partial charge in [-0.05, 0) is 17.5 Å². The molecule has 74 valence electrons. The van der Waals surface area contributed by atoms with E-state index >= 15 is 0 Å². The number of ether oxygens (including phenoxy) is 1. The zero-order chi connectivity index (χ0) is 10.3. The van der Waals surface area contributed by atoms with E-state index in [1.54, 1.807) is 13.4 Å². The van der Waals surface area contributed by atoms with Crippen LogP contribution in [-0.4, -0.2) is 17.1 Å². The Kier molecular flexibility index (Phi) is 1.65. The molecule has 0 saturated carbocycles. The summed E-state index contributed by atoms with van der Waals surface area (Å²) in [4.78, 5) is 7.42. The molecule has 0 saturated heterocycles. The summed E-state index contributed by atoms with van der Waals surface area (Å²) in [5.41, 5.74) is 2.00. The minimum Gasteiger partial charge on any atom is -0.496 e. The predicted molar refractivity (Wildman–Crippen MR) is 60.2 cm³/mol. The van der Waals surface area contributed by atoms with E-state index in [2.05, 4.69) is 22.1 Å². The van der Waals surface area contributed by atoms with E-state index in [1.165, 1.54) is 0 Å². The molecule has 0 aliphatic rings. The largest absolute Gasteiger partial charge is 0.496 e. The molecule has 1 N–H and O–H groups in total. The molecule has 0 spiro atoms. The summed E-state index contributed by atoms with van der Waals surface area (Å²) in [5.74, 6) is 0.866. The minimum atomic E-state index is 0.866. The molecule has 1 heterocycles. The van der Waals surface area contributed by atoms with Crippen LogP contribution in [0.1, 0.15) is 0 Å². The lowest BCUT2D eigenvalue weighted by Gasteiger charge is -2.05. The smallest absolute Gasteiger partial charge is 0.128 e. The van der Waals surface area contributed by atoms with Gasteiger partial charge in [-0.2, -0.15) is 0 Å². The average molecular weight is 198 g/mol. The minimum absolute atomic E-state index is 0.866. The lowest BCUT2D eigenvalue weighted by molar-refractivity contribution is 0.420. The fraction of sp³-hybridized carbons (Fsp3) is 0.0833. The molecular weight excluding hydrogens is 188 g/mol. The van der Waals surface area contributed by atoms with Gasteiger partial charge in [-0.1, -0.05) is 18.2 Å². The third-order valence-electron chi connectivity index (χ3n) is 2.61. The zero-order valence-corrected chi connectivity index (χ0v) is 8.32. The monoisotopic (exact) mass is 198 g/mol. The highest BCUT2D eigenvalue weighted by Crippen LogP contribution is 2.30. The van der Waals surface area contributed by atoms with Crippen LogP contribution in [0.2, 0.25) is 0 Å². The molecule has 0 aliphatic heterocycles. The van der Waals surface area contributed by atoms with Gasteiger partial charge in [-0.15, -0.1) is 0 Å². The summed E-state index contributed by atoms with van der Waals surface area (Å²) in [6.45, 7) is 0. The average Bonchev–Trinajstić information content (AvgIpc) is 2.76.